The minimum Gasteiger partial charge on any atom is -0.495 e. The number of amides is 1. The van der Waals surface area contributed by atoms with Gasteiger partial charge in [-0.2, -0.15) is 0 Å². The van der Waals surface area contributed by atoms with E-state index in [1.54, 1.807) is 43.0 Å². The summed E-state index contributed by atoms with van der Waals surface area (Å²) in [6, 6.07) is 15.3. The van der Waals surface area contributed by atoms with E-state index in [2.05, 4.69) is 39.7 Å². The Bertz CT molecular complexity index is 1230. The molecular weight excluding hydrogens is 432 g/mol. The Morgan fingerprint density at radius 3 is 2.71 bits per heavy atom. The highest BCUT2D eigenvalue weighted by atomic mass is 35.5. The molecule has 0 saturated heterocycles. The number of ether oxygens (including phenoxy) is 1. The van der Waals surface area contributed by atoms with Gasteiger partial charge in [-0.05, 0) is 30.7 Å². The average Bonchev–Trinajstić information content (AvgIpc) is 3.11. The summed E-state index contributed by atoms with van der Waals surface area (Å²) in [6.45, 7) is 2.52. The molecule has 0 spiro atoms. The molecule has 0 bridgehead atoms. The van der Waals surface area contributed by atoms with Crippen molar-refractivity contribution in [2.24, 2.45) is 0 Å². The van der Waals surface area contributed by atoms with Crippen LogP contribution in [0.5, 0.6) is 5.75 Å². The smallest absolute Gasteiger partial charge is 0.226 e. The molecule has 0 radical (unpaired) electrons. The second-order valence-electron chi connectivity index (χ2n) is 6.88. The summed E-state index contributed by atoms with van der Waals surface area (Å²) in [5.74, 6) is 1.17. The van der Waals surface area contributed by atoms with Gasteiger partial charge in [0.1, 0.15) is 22.7 Å². The first kappa shape index (κ1) is 21.1. The molecule has 0 unspecified atom stereocenters. The Kier molecular flexibility index (Phi) is 6.34. The van der Waals surface area contributed by atoms with E-state index in [1.807, 2.05) is 18.2 Å². The van der Waals surface area contributed by atoms with Crippen LogP contribution in [0.2, 0.25) is 5.02 Å². The minimum atomic E-state index is -0.121. The van der Waals surface area contributed by atoms with Crippen LogP contribution in [0, 0.1) is 6.92 Å². The maximum atomic E-state index is 12.4. The molecule has 2 N–H and O–H groups in total. The summed E-state index contributed by atoms with van der Waals surface area (Å²) in [6.07, 6.45) is 1.83. The second kappa shape index (κ2) is 9.32. The predicted molar refractivity (Wildman–Crippen MR) is 127 cm³/mol. The second-order valence-corrected chi connectivity index (χ2v) is 8.49. The number of anilines is 2. The third kappa shape index (κ3) is 4.62. The number of nitrogens with zero attached hydrogens (tertiary/aromatic N) is 2. The first-order chi connectivity index (χ1) is 15.1. The number of halogens is 1. The van der Waals surface area contributed by atoms with Gasteiger partial charge in [-0.1, -0.05) is 41.9 Å². The molecule has 2 heterocycles. The number of nitrogens with one attached hydrogen (secondary N) is 2. The lowest BCUT2D eigenvalue weighted by Crippen LogP contribution is -2.16. The molecule has 0 fully saturated rings. The van der Waals surface area contributed by atoms with E-state index in [1.165, 1.54) is 4.88 Å². The number of carbonyl (C=O) groups excluding carboxylic acids is 1. The molecule has 4 rings (SSSR count). The van der Waals surface area contributed by atoms with Crippen molar-refractivity contribution in [2.75, 3.05) is 24.3 Å². The number of thiophene rings is 1. The van der Waals surface area contributed by atoms with Gasteiger partial charge in [-0.15, -0.1) is 11.3 Å². The molecule has 31 heavy (non-hydrogen) atoms. The topological polar surface area (TPSA) is 76.1 Å². The van der Waals surface area contributed by atoms with E-state index in [4.69, 9.17) is 16.3 Å². The number of hydrogen-bond donors (Lipinski definition) is 2. The average molecular weight is 453 g/mol. The Balaban J connectivity index is 1.47. The molecule has 0 aliphatic heterocycles. The largest absolute Gasteiger partial charge is 0.495 e. The first-order valence-corrected chi connectivity index (χ1v) is 10.9. The number of rotatable bonds is 7. The zero-order valence-electron chi connectivity index (χ0n) is 17.1. The van der Waals surface area contributed by atoms with Crippen molar-refractivity contribution >= 4 is 50.6 Å². The van der Waals surface area contributed by atoms with E-state index in [0.717, 1.165) is 27.2 Å². The molecule has 1 amide bonds. The van der Waals surface area contributed by atoms with Gasteiger partial charge in [0.25, 0.3) is 0 Å². The van der Waals surface area contributed by atoms with Crippen molar-refractivity contribution in [1.82, 2.24) is 9.97 Å². The van der Waals surface area contributed by atoms with Gasteiger partial charge >= 0.3 is 0 Å². The molecular formula is C23H21ClN4O2S. The van der Waals surface area contributed by atoms with Crippen molar-refractivity contribution in [3.63, 3.8) is 0 Å². The van der Waals surface area contributed by atoms with Crippen molar-refractivity contribution in [3.05, 3.63) is 64.8 Å². The number of hydrogen-bond acceptors (Lipinski definition) is 6. The van der Waals surface area contributed by atoms with E-state index < -0.39 is 0 Å². The van der Waals surface area contributed by atoms with E-state index in [-0.39, 0.29) is 12.3 Å². The summed E-state index contributed by atoms with van der Waals surface area (Å²) >= 11 is 7.76. The Hall–Kier alpha value is -3.16. The maximum absolute atomic E-state index is 12.4. The van der Waals surface area contributed by atoms with Gasteiger partial charge < -0.3 is 15.4 Å². The molecule has 0 aliphatic carbocycles. The lowest BCUT2D eigenvalue weighted by atomic mass is 10.0. The van der Waals surface area contributed by atoms with Crippen molar-refractivity contribution in [3.8, 4) is 16.9 Å². The summed E-state index contributed by atoms with van der Waals surface area (Å²) < 4.78 is 5.13. The quantitative estimate of drug-likeness (QED) is 0.372. The number of fused-ring (bicyclic) bond motifs is 1. The van der Waals surface area contributed by atoms with Crippen LogP contribution in [0.1, 0.15) is 11.3 Å². The van der Waals surface area contributed by atoms with Crippen LogP contribution in [0.25, 0.3) is 21.3 Å². The SMILES string of the molecule is COc1ccc(NC(=O)CCNc2ncnc3sc(C)c(-c4ccccc4)c23)cc1Cl. The zero-order valence-corrected chi connectivity index (χ0v) is 18.7. The molecule has 6 nitrogen and oxygen atoms in total. The highest BCUT2D eigenvalue weighted by Crippen LogP contribution is 2.40. The van der Waals surface area contributed by atoms with Crippen LogP contribution >= 0.6 is 22.9 Å². The number of aromatic nitrogens is 2. The highest BCUT2D eigenvalue weighted by Gasteiger charge is 2.16. The standard InChI is InChI=1S/C23H21ClN4O2S/c1-14-20(15-6-4-3-5-7-15)21-22(26-13-27-23(21)31-14)25-11-10-19(29)28-16-8-9-18(30-2)17(24)12-16/h3-9,12-13H,10-11H2,1-2H3,(H,28,29)(H,25,26,27). The van der Waals surface area contributed by atoms with Gasteiger partial charge in [0.15, 0.2) is 0 Å². The van der Waals surface area contributed by atoms with Crippen molar-refractivity contribution in [2.45, 2.75) is 13.3 Å². The van der Waals surface area contributed by atoms with Gasteiger partial charge in [0, 0.05) is 29.1 Å². The van der Waals surface area contributed by atoms with Crippen molar-refractivity contribution in [1.29, 1.82) is 0 Å². The lowest BCUT2D eigenvalue weighted by molar-refractivity contribution is -0.115. The lowest BCUT2D eigenvalue weighted by Gasteiger charge is -2.10. The molecule has 2 aromatic carbocycles. The van der Waals surface area contributed by atoms with E-state index in [9.17, 15) is 4.79 Å². The molecule has 0 saturated carbocycles. The highest BCUT2D eigenvalue weighted by molar-refractivity contribution is 7.19. The van der Waals surface area contributed by atoms with Crippen LogP contribution in [-0.4, -0.2) is 29.5 Å². The minimum absolute atomic E-state index is 0.121. The van der Waals surface area contributed by atoms with E-state index >= 15 is 0 Å². The van der Waals surface area contributed by atoms with Crippen LogP contribution in [0.15, 0.2) is 54.9 Å². The number of benzene rings is 2. The normalized spacial score (nSPS) is 10.8. The molecule has 8 heteroatoms. The fraction of sp³-hybridized carbons (Fsp3) is 0.174. The van der Waals surface area contributed by atoms with Crippen LogP contribution in [-0.2, 0) is 4.79 Å². The molecule has 158 valence electrons. The Labute approximate surface area is 189 Å². The molecule has 0 aliphatic rings. The monoisotopic (exact) mass is 452 g/mol. The van der Waals surface area contributed by atoms with Gasteiger partial charge in [-0.3, -0.25) is 4.79 Å². The summed E-state index contributed by atoms with van der Waals surface area (Å²) in [5, 5.41) is 7.59. The first-order valence-electron chi connectivity index (χ1n) is 9.73. The predicted octanol–water partition coefficient (Wildman–Crippen LogP) is 5.77. The fourth-order valence-electron chi connectivity index (χ4n) is 3.39. The summed E-state index contributed by atoms with van der Waals surface area (Å²) in [7, 11) is 1.55. The number of methoxy groups -OCH3 is 1. The van der Waals surface area contributed by atoms with Gasteiger partial charge in [-0.25, -0.2) is 9.97 Å². The summed E-state index contributed by atoms with van der Waals surface area (Å²) in [5.41, 5.74) is 2.87. The van der Waals surface area contributed by atoms with Crippen LogP contribution < -0.4 is 15.4 Å². The van der Waals surface area contributed by atoms with Crippen molar-refractivity contribution < 1.29 is 9.53 Å². The maximum Gasteiger partial charge on any atom is 0.226 e. The van der Waals surface area contributed by atoms with Crippen LogP contribution in [0.3, 0.4) is 0 Å². The Morgan fingerprint density at radius 2 is 1.97 bits per heavy atom. The third-order valence-electron chi connectivity index (χ3n) is 4.81. The third-order valence-corrected chi connectivity index (χ3v) is 6.12. The van der Waals surface area contributed by atoms with E-state index in [0.29, 0.717) is 23.0 Å². The zero-order chi connectivity index (χ0) is 21.8. The molecule has 2 aromatic heterocycles. The fourth-order valence-corrected chi connectivity index (χ4v) is 4.66. The summed E-state index contributed by atoms with van der Waals surface area (Å²) in [4.78, 5) is 23.3. The Morgan fingerprint density at radius 1 is 1.16 bits per heavy atom. The molecule has 4 aromatic rings. The number of aryl methyl sites for hydroxylation is 1. The molecule has 0 atom stereocenters. The number of carbonyl (C=O) groups is 1. The van der Waals surface area contributed by atoms with Gasteiger partial charge in [0.2, 0.25) is 5.91 Å². The van der Waals surface area contributed by atoms with Crippen LogP contribution in [0.4, 0.5) is 11.5 Å². The van der Waals surface area contributed by atoms with Gasteiger partial charge in [0.05, 0.1) is 17.5 Å².